The summed E-state index contributed by atoms with van der Waals surface area (Å²) in [5.41, 5.74) is 0.255. The fraction of sp³-hybridized carbons (Fsp3) is 0.833. The second-order valence-corrected chi connectivity index (χ2v) is 6.47. The maximum Gasteiger partial charge on any atom is 0.143 e. The summed E-state index contributed by atoms with van der Waals surface area (Å²) in [4.78, 5) is 0. The van der Waals surface area contributed by atoms with E-state index >= 15 is 0 Å². The van der Waals surface area contributed by atoms with Crippen LogP contribution in [0.4, 0.5) is 0 Å². The Hall–Kier alpha value is -0.380. The molecule has 0 atom stereocenters. The summed E-state index contributed by atoms with van der Waals surface area (Å²) >= 11 is 3.47. The van der Waals surface area contributed by atoms with Crippen LogP contribution in [0, 0.1) is 11.3 Å². The van der Waals surface area contributed by atoms with Crippen molar-refractivity contribution >= 4 is 15.9 Å². The van der Waals surface area contributed by atoms with Gasteiger partial charge in [0.05, 0.1) is 5.33 Å². The van der Waals surface area contributed by atoms with Crippen LogP contribution in [-0.4, -0.2) is 14.8 Å². The molecule has 0 aliphatic carbocycles. The summed E-state index contributed by atoms with van der Waals surface area (Å²) < 4.78 is 2.25. The summed E-state index contributed by atoms with van der Waals surface area (Å²) in [5, 5.41) is 9.32. The molecule has 1 aromatic rings. The molecule has 0 radical (unpaired) electrons. The lowest BCUT2D eigenvalue weighted by atomic mass is 9.92. The van der Waals surface area contributed by atoms with Gasteiger partial charge in [0.15, 0.2) is 0 Å². The van der Waals surface area contributed by atoms with Crippen molar-refractivity contribution < 1.29 is 0 Å². The van der Waals surface area contributed by atoms with Crippen LogP contribution in [0.3, 0.4) is 0 Å². The molecule has 92 valence electrons. The van der Waals surface area contributed by atoms with E-state index in [1.54, 1.807) is 0 Å². The SMILES string of the molecule is CC(C)Cn1c(CBr)nnc1CC(C)(C)C. The minimum atomic E-state index is 0.255. The Bertz CT molecular complexity index is 337. The standard InChI is InChI=1S/C12H22BrN3/c1-9(2)8-16-10(6-12(3,4)5)14-15-11(16)7-13/h9H,6-8H2,1-5H3. The Labute approximate surface area is 107 Å². The molecule has 0 unspecified atom stereocenters. The van der Waals surface area contributed by atoms with E-state index in [0.717, 1.165) is 29.9 Å². The monoisotopic (exact) mass is 287 g/mol. The molecule has 1 heterocycles. The summed E-state index contributed by atoms with van der Waals surface area (Å²) in [6.07, 6.45) is 0.972. The van der Waals surface area contributed by atoms with E-state index in [-0.39, 0.29) is 5.41 Å². The first kappa shape index (κ1) is 13.7. The predicted octanol–water partition coefficient (Wildman–Crippen LogP) is 3.42. The van der Waals surface area contributed by atoms with Gasteiger partial charge >= 0.3 is 0 Å². The number of halogens is 1. The topological polar surface area (TPSA) is 30.7 Å². The number of rotatable bonds is 4. The third-order valence-corrected chi connectivity index (χ3v) is 2.76. The Balaban J connectivity index is 2.95. The van der Waals surface area contributed by atoms with Crippen LogP contribution < -0.4 is 0 Å². The lowest BCUT2D eigenvalue weighted by Gasteiger charge is -2.19. The van der Waals surface area contributed by atoms with Gasteiger partial charge in [0, 0.05) is 13.0 Å². The van der Waals surface area contributed by atoms with Gasteiger partial charge in [0.2, 0.25) is 0 Å². The van der Waals surface area contributed by atoms with E-state index in [4.69, 9.17) is 0 Å². The molecule has 0 saturated carbocycles. The highest BCUT2D eigenvalue weighted by molar-refractivity contribution is 9.08. The number of alkyl halides is 1. The van der Waals surface area contributed by atoms with E-state index < -0.39 is 0 Å². The van der Waals surface area contributed by atoms with Crippen LogP contribution in [0.15, 0.2) is 0 Å². The van der Waals surface area contributed by atoms with Gasteiger partial charge in [-0.25, -0.2) is 0 Å². The zero-order valence-electron chi connectivity index (χ0n) is 10.9. The zero-order chi connectivity index (χ0) is 12.3. The number of nitrogens with zero attached hydrogens (tertiary/aromatic N) is 3. The molecule has 0 saturated heterocycles. The summed E-state index contributed by atoms with van der Waals surface area (Å²) in [5.74, 6) is 2.76. The zero-order valence-corrected chi connectivity index (χ0v) is 12.5. The molecule has 0 amide bonds. The normalized spacial score (nSPS) is 12.4. The van der Waals surface area contributed by atoms with Gasteiger partial charge in [0.25, 0.3) is 0 Å². The van der Waals surface area contributed by atoms with E-state index in [9.17, 15) is 0 Å². The van der Waals surface area contributed by atoms with Crippen molar-refractivity contribution in [2.45, 2.75) is 52.9 Å². The molecule has 0 aliphatic heterocycles. The van der Waals surface area contributed by atoms with Crippen LogP contribution in [-0.2, 0) is 18.3 Å². The fourth-order valence-electron chi connectivity index (χ4n) is 1.65. The molecule has 0 aliphatic rings. The quantitative estimate of drug-likeness (QED) is 0.795. The molecular weight excluding hydrogens is 266 g/mol. The molecule has 0 N–H and O–H groups in total. The molecule has 1 rings (SSSR count). The Morgan fingerprint density at radius 1 is 1.19 bits per heavy atom. The van der Waals surface area contributed by atoms with Crippen molar-refractivity contribution in [1.29, 1.82) is 0 Å². The Morgan fingerprint density at radius 2 is 1.75 bits per heavy atom. The van der Waals surface area contributed by atoms with Crippen molar-refractivity contribution in [3.05, 3.63) is 11.6 Å². The van der Waals surface area contributed by atoms with Crippen molar-refractivity contribution in [2.24, 2.45) is 11.3 Å². The largest absolute Gasteiger partial charge is 0.314 e. The van der Waals surface area contributed by atoms with Gasteiger partial charge < -0.3 is 4.57 Å². The summed E-state index contributed by atoms with van der Waals surface area (Å²) in [6.45, 7) is 12.1. The van der Waals surface area contributed by atoms with E-state index in [1.807, 2.05) is 0 Å². The molecule has 1 aromatic heterocycles. The van der Waals surface area contributed by atoms with E-state index in [2.05, 4.69) is 65.3 Å². The van der Waals surface area contributed by atoms with Gasteiger partial charge in [0.1, 0.15) is 11.6 Å². The highest BCUT2D eigenvalue weighted by atomic mass is 79.9. The van der Waals surface area contributed by atoms with Gasteiger partial charge in [-0.2, -0.15) is 0 Å². The second-order valence-electron chi connectivity index (χ2n) is 5.91. The predicted molar refractivity (Wildman–Crippen MR) is 70.7 cm³/mol. The average Bonchev–Trinajstić information content (AvgIpc) is 2.45. The summed E-state index contributed by atoms with van der Waals surface area (Å²) in [7, 11) is 0. The molecule has 3 nitrogen and oxygen atoms in total. The lowest BCUT2D eigenvalue weighted by molar-refractivity contribution is 0.382. The molecule has 4 heteroatoms. The Kier molecular flexibility index (Phi) is 4.53. The molecule has 0 fully saturated rings. The van der Waals surface area contributed by atoms with Crippen molar-refractivity contribution in [3.63, 3.8) is 0 Å². The molecule has 16 heavy (non-hydrogen) atoms. The fourth-order valence-corrected chi connectivity index (χ4v) is 2.07. The lowest BCUT2D eigenvalue weighted by Crippen LogP contribution is -2.17. The average molecular weight is 288 g/mol. The maximum atomic E-state index is 4.31. The summed E-state index contributed by atoms with van der Waals surface area (Å²) in [6, 6.07) is 0. The van der Waals surface area contributed by atoms with Crippen LogP contribution in [0.5, 0.6) is 0 Å². The maximum absolute atomic E-state index is 4.31. The first-order valence-electron chi connectivity index (χ1n) is 5.80. The molecule has 0 spiro atoms. The minimum absolute atomic E-state index is 0.255. The minimum Gasteiger partial charge on any atom is -0.314 e. The van der Waals surface area contributed by atoms with E-state index in [1.165, 1.54) is 0 Å². The third-order valence-electron chi connectivity index (χ3n) is 2.26. The molecule has 0 aromatic carbocycles. The first-order valence-corrected chi connectivity index (χ1v) is 6.92. The molecule has 0 bridgehead atoms. The number of hydrogen-bond donors (Lipinski definition) is 0. The van der Waals surface area contributed by atoms with Crippen LogP contribution in [0.2, 0.25) is 0 Å². The van der Waals surface area contributed by atoms with Crippen LogP contribution in [0.1, 0.15) is 46.3 Å². The number of hydrogen-bond acceptors (Lipinski definition) is 2. The second kappa shape index (κ2) is 5.30. The van der Waals surface area contributed by atoms with E-state index in [0.29, 0.717) is 5.92 Å². The van der Waals surface area contributed by atoms with Crippen molar-refractivity contribution in [2.75, 3.05) is 0 Å². The number of aromatic nitrogens is 3. The van der Waals surface area contributed by atoms with Gasteiger partial charge in [-0.05, 0) is 11.3 Å². The van der Waals surface area contributed by atoms with Crippen molar-refractivity contribution in [3.8, 4) is 0 Å². The van der Waals surface area contributed by atoms with Gasteiger partial charge in [-0.3, -0.25) is 0 Å². The first-order chi connectivity index (χ1) is 7.33. The Morgan fingerprint density at radius 3 is 2.19 bits per heavy atom. The smallest absolute Gasteiger partial charge is 0.143 e. The van der Waals surface area contributed by atoms with Crippen LogP contribution >= 0.6 is 15.9 Å². The third kappa shape index (κ3) is 3.89. The molecular formula is C12H22BrN3. The highest BCUT2D eigenvalue weighted by Gasteiger charge is 2.18. The highest BCUT2D eigenvalue weighted by Crippen LogP contribution is 2.21. The van der Waals surface area contributed by atoms with Gasteiger partial charge in [-0.15, -0.1) is 10.2 Å². The van der Waals surface area contributed by atoms with Crippen LogP contribution in [0.25, 0.3) is 0 Å². The van der Waals surface area contributed by atoms with Crippen molar-refractivity contribution in [1.82, 2.24) is 14.8 Å². The van der Waals surface area contributed by atoms with Gasteiger partial charge in [-0.1, -0.05) is 50.5 Å².